The highest BCUT2D eigenvalue weighted by atomic mass is 35.5. The van der Waals surface area contributed by atoms with Crippen molar-refractivity contribution in [3.8, 4) is 0 Å². The van der Waals surface area contributed by atoms with Crippen LogP contribution in [0.4, 0.5) is 11.4 Å². The van der Waals surface area contributed by atoms with Gasteiger partial charge >= 0.3 is 0 Å². The summed E-state index contributed by atoms with van der Waals surface area (Å²) in [4.78, 5) is 2.12. The minimum Gasteiger partial charge on any atom is -0.396 e. The molecule has 0 radical (unpaired) electrons. The molecule has 0 amide bonds. The van der Waals surface area contributed by atoms with Gasteiger partial charge in [-0.05, 0) is 29.8 Å². The van der Waals surface area contributed by atoms with Crippen molar-refractivity contribution in [2.45, 2.75) is 6.54 Å². The van der Waals surface area contributed by atoms with Gasteiger partial charge in [0, 0.05) is 19.3 Å². The van der Waals surface area contributed by atoms with Crippen molar-refractivity contribution in [3.05, 3.63) is 58.1 Å². The number of rotatable bonds is 3. The number of hydrogen-bond acceptors (Lipinski definition) is 2. The number of anilines is 2. The first-order valence-electron chi connectivity index (χ1n) is 5.57. The van der Waals surface area contributed by atoms with Gasteiger partial charge in [0.25, 0.3) is 0 Å². The Labute approximate surface area is 117 Å². The van der Waals surface area contributed by atoms with E-state index < -0.39 is 0 Å². The van der Waals surface area contributed by atoms with Crippen molar-refractivity contribution in [2.24, 2.45) is 0 Å². The van der Waals surface area contributed by atoms with Gasteiger partial charge in [-0.1, -0.05) is 41.4 Å². The predicted octanol–water partition coefficient (Wildman–Crippen LogP) is 4.21. The van der Waals surface area contributed by atoms with E-state index in [4.69, 9.17) is 28.9 Å². The third-order valence-electron chi connectivity index (χ3n) is 2.76. The summed E-state index contributed by atoms with van der Waals surface area (Å²) in [5.74, 6) is 0. The van der Waals surface area contributed by atoms with E-state index in [0.29, 0.717) is 15.7 Å². The van der Waals surface area contributed by atoms with Gasteiger partial charge in [-0.2, -0.15) is 0 Å². The zero-order chi connectivity index (χ0) is 13.1. The Hall–Kier alpha value is -1.38. The Morgan fingerprint density at radius 3 is 2.17 bits per heavy atom. The fourth-order valence-electron chi connectivity index (χ4n) is 1.78. The lowest BCUT2D eigenvalue weighted by molar-refractivity contribution is 0.923. The molecule has 4 heteroatoms. The highest BCUT2D eigenvalue weighted by molar-refractivity contribution is 6.38. The normalized spacial score (nSPS) is 10.4. The lowest BCUT2D eigenvalue weighted by Gasteiger charge is -2.20. The number of halogens is 2. The molecule has 18 heavy (non-hydrogen) atoms. The van der Waals surface area contributed by atoms with E-state index in [0.717, 1.165) is 17.8 Å². The van der Waals surface area contributed by atoms with E-state index in [-0.39, 0.29) is 0 Å². The number of nitrogens with zero attached hydrogens (tertiary/aromatic N) is 1. The zero-order valence-electron chi connectivity index (χ0n) is 10.0. The molecule has 0 aromatic heterocycles. The fourth-order valence-corrected chi connectivity index (χ4v) is 2.31. The number of nitrogens with two attached hydrogens (primary N) is 1. The highest BCUT2D eigenvalue weighted by Gasteiger charge is 2.07. The van der Waals surface area contributed by atoms with E-state index in [1.165, 1.54) is 0 Å². The summed E-state index contributed by atoms with van der Waals surface area (Å²) in [5.41, 5.74) is 8.32. The second kappa shape index (κ2) is 5.51. The van der Waals surface area contributed by atoms with Crippen molar-refractivity contribution >= 4 is 34.6 Å². The summed E-state index contributed by atoms with van der Waals surface area (Å²) in [5, 5.41) is 0.998. The molecule has 2 aromatic carbocycles. The number of hydrogen-bond donors (Lipinski definition) is 1. The van der Waals surface area contributed by atoms with Crippen LogP contribution in [0, 0.1) is 0 Å². The van der Waals surface area contributed by atoms with Crippen LogP contribution in [0.15, 0.2) is 42.5 Å². The zero-order valence-corrected chi connectivity index (χ0v) is 11.5. The topological polar surface area (TPSA) is 29.3 Å². The van der Waals surface area contributed by atoms with Gasteiger partial charge in [-0.15, -0.1) is 0 Å². The number of benzene rings is 2. The highest BCUT2D eigenvalue weighted by Crippen LogP contribution is 2.29. The summed E-state index contributed by atoms with van der Waals surface area (Å²) in [6.45, 7) is 0.726. The average Bonchev–Trinajstić information content (AvgIpc) is 2.37. The van der Waals surface area contributed by atoms with E-state index in [2.05, 4.69) is 17.0 Å². The van der Waals surface area contributed by atoms with Crippen LogP contribution in [-0.4, -0.2) is 7.05 Å². The van der Waals surface area contributed by atoms with Gasteiger partial charge < -0.3 is 10.6 Å². The Morgan fingerprint density at radius 2 is 1.61 bits per heavy atom. The molecule has 0 saturated heterocycles. The van der Waals surface area contributed by atoms with Crippen molar-refractivity contribution in [1.29, 1.82) is 0 Å². The molecule has 0 unspecified atom stereocenters. The molecule has 2 N–H and O–H groups in total. The van der Waals surface area contributed by atoms with Gasteiger partial charge in [0.15, 0.2) is 0 Å². The van der Waals surface area contributed by atoms with Crippen LogP contribution in [-0.2, 0) is 6.54 Å². The van der Waals surface area contributed by atoms with Gasteiger partial charge in [0.2, 0.25) is 0 Å². The third kappa shape index (κ3) is 2.89. The molecule has 0 spiro atoms. The monoisotopic (exact) mass is 280 g/mol. The van der Waals surface area contributed by atoms with E-state index >= 15 is 0 Å². The first-order valence-corrected chi connectivity index (χ1v) is 6.33. The molecule has 0 aliphatic carbocycles. The first-order chi connectivity index (χ1) is 8.58. The van der Waals surface area contributed by atoms with Crippen molar-refractivity contribution in [3.63, 3.8) is 0 Å². The van der Waals surface area contributed by atoms with Gasteiger partial charge in [-0.25, -0.2) is 0 Å². The molecule has 94 valence electrons. The van der Waals surface area contributed by atoms with Gasteiger partial charge in [0.05, 0.1) is 15.7 Å². The van der Waals surface area contributed by atoms with Crippen LogP contribution in [0.1, 0.15) is 5.56 Å². The number of nitrogen functional groups attached to an aromatic ring is 1. The smallest absolute Gasteiger partial charge is 0.0693 e. The quantitative estimate of drug-likeness (QED) is 0.854. The molecule has 0 saturated carbocycles. The van der Waals surface area contributed by atoms with Crippen LogP contribution in [0.25, 0.3) is 0 Å². The van der Waals surface area contributed by atoms with E-state index in [1.54, 1.807) is 0 Å². The van der Waals surface area contributed by atoms with Crippen LogP contribution in [0.3, 0.4) is 0 Å². The van der Waals surface area contributed by atoms with Crippen LogP contribution < -0.4 is 10.6 Å². The first kappa shape index (κ1) is 13.1. The van der Waals surface area contributed by atoms with Crippen LogP contribution in [0.5, 0.6) is 0 Å². The molecular weight excluding hydrogens is 267 g/mol. The third-order valence-corrected chi connectivity index (χ3v) is 3.38. The maximum absolute atomic E-state index is 6.02. The van der Waals surface area contributed by atoms with Crippen molar-refractivity contribution < 1.29 is 0 Å². The summed E-state index contributed by atoms with van der Waals surface area (Å²) < 4.78 is 0. The molecular formula is C14H14Cl2N2. The van der Waals surface area contributed by atoms with E-state index in [1.807, 2.05) is 37.4 Å². The lowest BCUT2D eigenvalue weighted by atomic mass is 10.2. The molecule has 2 aromatic rings. The maximum atomic E-state index is 6.02. The Bertz CT molecular complexity index is 518. The Kier molecular flexibility index (Phi) is 4.00. The number of para-hydroxylation sites is 1. The Morgan fingerprint density at radius 1 is 1.06 bits per heavy atom. The molecule has 0 fully saturated rings. The predicted molar refractivity (Wildman–Crippen MR) is 79.4 cm³/mol. The van der Waals surface area contributed by atoms with Crippen molar-refractivity contribution in [2.75, 3.05) is 17.7 Å². The average molecular weight is 281 g/mol. The minimum absolute atomic E-state index is 0.435. The van der Waals surface area contributed by atoms with Crippen molar-refractivity contribution in [1.82, 2.24) is 0 Å². The second-order valence-corrected chi connectivity index (χ2v) is 4.98. The van der Waals surface area contributed by atoms with Gasteiger partial charge in [-0.3, -0.25) is 0 Å². The molecule has 0 aliphatic heterocycles. The minimum atomic E-state index is 0.435. The second-order valence-electron chi connectivity index (χ2n) is 4.16. The molecule has 0 heterocycles. The summed E-state index contributed by atoms with van der Waals surface area (Å²) >= 11 is 12.0. The Balaban J connectivity index is 2.20. The summed E-state index contributed by atoms with van der Waals surface area (Å²) in [6, 6.07) is 13.8. The fraction of sp³-hybridized carbons (Fsp3) is 0.143. The van der Waals surface area contributed by atoms with Crippen LogP contribution >= 0.6 is 23.2 Å². The standard InChI is InChI=1S/C14H14Cl2N2/c1-18(11-5-3-2-4-6-11)9-10-7-12(15)14(17)13(16)8-10/h2-8H,9,17H2,1H3. The maximum Gasteiger partial charge on any atom is 0.0693 e. The van der Waals surface area contributed by atoms with E-state index in [9.17, 15) is 0 Å². The molecule has 0 bridgehead atoms. The molecule has 0 atom stereocenters. The lowest BCUT2D eigenvalue weighted by Crippen LogP contribution is -2.16. The summed E-state index contributed by atoms with van der Waals surface area (Å²) in [7, 11) is 2.02. The van der Waals surface area contributed by atoms with Gasteiger partial charge in [0.1, 0.15) is 0 Å². The molecule has 0 aliphatic rings. The SMILES string of the molecule is CN(Cc1cc(Cl)c(N)c(Cl)c1)c1ccccc1. The molecule has 2 nitrogen and oxygen atoms in total. The van der Waals surface area contributed by atoms with Crippen LogP contribution in [0.2, 0.25) is 10.0 Å². The largest absolute Gasteiger partial charge is 0.396 e. The summed E-state index contributed by atoms with van der Waals surface area (Å²) in [6.07, 6.45) is 0. The molecule has 2 rings (SSSR count).